The summed E-state index contributed by atoms with van der Waals surface area (Å²) in [6, 6.07) is 3.23. The van der Waals surface area contributed by atoms with E-state index in [-0.39, 0.29) is 27.8 Å². The van der Waals surface area contributed by atoms with Gasteiger partial charge in [0.25, 0.3) is 11.6 Å². The smallest absolute Gasteiger partial charge is 0.288 e. The van der Waals surface area contributed by atoms with E-state index in [1.165, 1.54) is 12.1 Å². The zero-order valence-corrected chi connectivity index (χ0v) is 11.8. The first-order valence-corrected chi connectivity index (χ1v) is 7.94. The lowest BCUT2D eigenvalue weighted by molar-refractivity contribution is -0.384. The van der Waals surface area contributed by atoms with Crippen LogP contribution in [-0.2, 0) is 9.84 Å². The molecule has 9 heteroatoms. The molecule has 0 aliphatic carbocycles. The lowest BCUT2D eigenvalue weighted by Gasteiger charge is -2.10. The Morgan fingerprint density at radius 2 is 2.15 bits per heavy atom. The molecule has 0 saturated carbocycles. The fourth-order valence-corrected chi connectivity index (χ4v) is 3.83. The van der Waals surface area contributed by atoms with Crippen molar-refractivity contribution in [3.05, 3.63) is 38.9 Å². The molecule has 7 nitrogen and oxygen atoms in total. The highest BCUT2D eigenvalue weighted by atomic mass is 35.5. The Morgan fingerprint density at radius 3 is 2.70 bits per heavy atom. The first-order valence-electron chi connectivity index (χ1n) is 5.74. The summed E-state index contributed by atoms with van der Waals surface area (Å²) in [5.41, 5.74) is -0.288. The van der Waals surface area contributed by atoms with Crippen LogP contribution in [0.15, 0.2) is 18.2 Å². The molecule has 1 aliphatic heterocycles. The van der Waals surface area contributed by atoms with Crippen molar-refractivity contribution in [1.82, 2.24) is 5.32 Å². The van der Waals surface area contributed by atoms with Gasteiger partial charge in [-0.15, -0.1) is 0 Å². The van der Waals surface area contributed by atoms with E-state index in [2.05, 4.69) is 5.32 Å². The van der Waals surface area contributed by atoms with E-state index in [9.17, 15) is 23.3 Å². The number of hydrogen-bond donors (Lipinski definition) is 1. The van der Waals surface area contributed by atoms with Crippen LogP contribution in [-0.4, -0.2) is 36.8 Å². The van der Waals surface area contributed by atoms with Crippen LogP contribution in [0.3, 0.4) is 0 Å². The number of carbonyl (C=O) groups is 1. The molecule has 1 aromatic rings. The average molecular weight is 319 g/mol. The monoisotopic (exact) mass is 318 g/mol. The second kappa shape index (κ2) is 5.37. The van der Waals surface area contributed by atoms with Gasteiger partial charge in [0.15, 0.2) is 9.84 Å². The minimum Gasteiger partial charge on any atom is -0.348 e. The van der Waals surface area contributed by atoms with Crippen molar-refractivity contribution >= 4 is 33.0 Å². The molecule has 0 unspecified atom stereocenters. The number of rotatable bonds is 3. The minimum absolute atomic E-state index is 0.0404. The highest BCUT2D eigenvalue weighted by molar-refractivity contribution is 7.91. The number of nitrogens with zero attached hydrogens (tertiary/aromatic N) is 1. The molecule has 1 aliphatic rings. The Labute approximate surface area is 120 Å². The largest absolute Gasteiger partial charge is 0.348 e. The summed E-state index contributed by atoms with van der Waals surface area (Å²) in [4.78, 5) is 22.0. The summed E-state index contributed by atoms with van der Waals surface area (Å²) >= 11 is 5.65. The molecule has 108 valence electrons. The van der Waals surface area contributed by atoms with Crippen LogP contribution in [0, 0.1) is 10.1 Å². The third-order valence-corrected chi connectivity index (χ3v) is 5.06. The Bertz CT molecular complexity index is 673. The fraction of sp³-hybridized carbons (Fsp3) is 0.364. The number of amides is 1. The standard InChI is InChI=1S/C11H11ClN2O5S/c12-9-2-1-7(5-10(9)14(16)17)11(15)13-8-3-4-20(18,19)6-8/h1-2,5,8H,3-4,6H2,(H,13,15)/t8-/m0/s1. The van der Waals surface area contributed by atoms with E-state index in [4.69, 9.17) is 11.6 Å². The molecule has 2 rings (SSSR count). The number of sulfone groups is 1. The van der Waals surface area contributed by atoms with Crippen molar-refractivity contribution in [2.24, 2.45) is 0 Å². The van der Waals surface area contributed by atoms with Crippen molar-refractivity contribution in [3.8, 4) is 0 Å². The topological polar surface area (TPSA) is 106 Å². The van der Waals surface area contributed by atoms with Crippen LogP contribution in [0.25, 0.3) is 0 Å². The molecule has 0 spiro atoms. The number of carbonyl (C=O) groups excluding carboxylic acids is 1. The number of halogens is 1. The highest BCUT2D eigenvalue weighted by Crippen LogP contribution is 2.25. The number of nitrogens with one attached hydrogen (secondary N) is 1. The first-order chi connectivity index (χ1) is 9.28. The van der Waals surface area contributed by atoms with Crippen molar-refractivity contribution in [2.75, 3.05) is 11.5 Å². The minimum atomic E-state index is -3.10. The molecular formula is C11H11ClN2O5S. The van der Waals surface area contributed by atoms with Gasteiger partial charge in [0.2, 0.25) is 0 Å². The number of benzene rings is 1. The Morgan fingerprint density at radius 1 is 1.45 bits per heavy atom. The molecule has 1 atom stereocenters. The molecule has 0 radical (unpaired) electrons. The average Bonchev–Trinajstić information content (AvgIpc) is 2.68. The summed E-state index contributed by atoms with van der Waals surface area (Å²) in [7, 11) is -3.10. The van der Waals surface area contributed by atoms with E-state index in [1.807, 2.05) is 0 Å². The molecule has 1 amide bonds. The summed E-state index contributed by atoms with van der Waals surface area (Å²) in [6.45, 7) is 0. The summed E-state index contributed by atoms with van der Waals surface area (Å²) in [6.07, 6.45) is 0.351. The van der Waals surface area contributed by atoms with Crippen molar-refractivity contribution in [1.29, 1.82) is 0 Å². The van der Waals surface area contributed by atoms with Gasteiger partial charge >= 0.3 is 0 Å². The van der Waals surface area contributed by atoms with E-state index in [0.29, 0.717) is 6.42 Å². The maximum absolute atomic E-state index is 11.9. The lowest BCUT2D eigenvalue weighted by atomic mass is 10.1. The highest BCUT2D eigenvalue weighted by Gasteiger charge is 2.29. The maximum Gasteiger partial charge on any atom is 0.288 e. The van der Waals surface area contributed by atoms with Crippen molar-refractivity contribution < 1.29 is 18.1 Å². The van der Waals surface area contributed by atoms with Gasteiger partial charge in [0.1, 0.15) is 5.02 Å². The summed E-state index contributed by atoms with van der Waals surface area (Å²) in [5, 5.41) is 13.2. The second-order valence-corrected chi connectivity index (χ2v) is 7.13. The summed E-state index contributed by atoms with van der Waals surface area (Å²) in [5.74, 6) is -0.612. The molecule has 1 heterocycles. The lowest BCUT2D eigenvalue weighted by Crippen LogP contribution is -2.35. The van der Waals surface area contributed by atoms with Crippen molar-refractivity contribution in [3.63, 3.8) is 0 Å². The van der Waals surface area contributed by atoms with Crippen LogP contribution >= 0.6 is 11.6 Å². The quantitative estimate of drug-likeness (QED) is 0.665. The van der Waals surface area contributed by atoms with E-state index >= 15 is 0 Å². The summed E-state index contributed by atoms with van der Waals surface area (Å²) < 4.78 is 22.6. The Kier molecular flexibility index (Phi) is 3.96. The van der Waals surface area contributed by atoms with Gasteiger partial charge in [-0.25, -0.2) is 8.42 Å². The van der Waals surface area contributed by atoms with Gasteiger partial charge in [0.05, 0.1) is 16.4 Å². The Balaban J connectivity index is 2.14. The van der Waals surface area contributed by atoms with Gasteiger partial charge in [0, 0.05) is 17.7 Å². The first kappa shape index (κ1) is 14.7. The number of nitro groups is 1. The Hall–Kier alpha value is -1.67. The van der Waals surface area contributed by atoms with Crippen LogP contribution in [0.2, 0.25) is 5.02 Å². The number of hydrogen-bond acceptors (Lipinski definition) is 5. The zero-order chi connectivity index (χ0) is 14.9. The zero-order valence-electron chi connectivity index (χ0n) is 10.2. The van der Waals surface area contributed by atoms with Crippen LogP contribution in [0.1, 0.15) is 16.8 Å². The van der Waals surface area contributed by atoms with Gasteiger partial charge < -0.3 is 5.32 Å². The van der Waals surface area contributed by atoms with Gasteiger partial charge in [-0.1, -0.05) is 11.6 Å². The van der Waals surface area contributed by atoms with Gasteiger partial charge in [-0.2, -0.15) is 0 Å². The van der Waals surface area contributed by atoms with Crippen molar-refractivity contribution in [2.45, 2.75) is 12.5 Å². The second-order valence-electron chi connectivity index (χ2n) is 4.50. The molecule has 1 saturated heterocycles. The molecular weight excluding hydrogens is 308 g/mol. The maximum atomic E-state index is 11.9. The van der Waals surface area contributed by atoms with E-state index in [1.54, 1.807) is 0 Å². The van der Waals surface area contributed by atoms with Crippen LogP contribution in [0.4, 0.5) is 5.69 Å². The normalized spacial score (nSPS) is 20.6. The van der Waals surface area contributed by atoms with Gasteiger partial charge in [-0.3, -0.25) is 14.9 Å². The SMILES string of the molecule is O=C(N[C@H]1CCS(=O)(=O)C1)c1ccc(Cl)c([N+](=O)[O-])c1. The van der Waals surface area contributed by atoms with Crippen LogP contribution in [0.5, 0.6) is 0 Å². The molecule has 1 aromatic carbocycles. The van der Waals surface area contributed by atoms with Crippen LogP contribution < -0.4 is 5.32 Å². The predicted octanol–water partition coefficient (Wildman–Crippen LogP) is 1.17. The molecule has 0 bridgehead atoms. The molecule has 1 fully saturated rings. The third-order valence-electron chi connectivity index (χ3n) is 2.97. The van der Waals surface area contributed by atoms with E-state index < -0.39 is 26.7 Å². The number of nitro benzene ring substituents is 1. The third kappa shape index (κ3) is 3.26. The molecule has 0 aromatic heterocycles. The van der Waals surface area contributed by atoms with E-state index in [0.717, 1.165) is 6.07 Å². The fourth-order valence-electron chi connectivity index (χ4n) is 1.97. The molecule has 1 N–H and O–H groups in total. The molecule has 20 heavy (non-hydrogen) atoms. The predicted molar refractivity (Wildman–Crippen MR) is 72.6 cm³/mol. The van der Waals surface area contributed by atoms with Gasteiger partial charge in [-0.05, 0) is 18.6 Å².